The van der Waals surface area contributed by atoms with Gasteiger partial charge in [-0.2, -0.15) is 4.98 Å². The Morgan fingerprint density at radius 1 is 1.24 bits per heavy atom. The summed E-state index contributed by atoms with van der Waals surface area (Å²) in [6.07, 6.45) is 7.96. The minimum absolute atomic E-state index is 0.281. The molecule has 0 radical (unpaired) electrons. The lowest BCUT2D eigenvalue weighted by Crippen LogP contribution is -2.20. The average Bonchev–Trinajstić information content (AvgIpc) is 3.16. The van der Waals surface area contributed by atoms with Crippen LogP contribution in [-0.4, -0.2) is 43.8 Å². The van der Waals surface area contributed by atoms with E-state index in [4.69, 9.17) is 4.74 Å². The molecule has 7 heteroatoms. The van der Waals surface area contributed by atoms with Crippen LogP contribution in [0.15, 0.2) is 37.1 Å². The molecule has 3 aromatic heterocycles. The van der Waals surface area contributed by atoms with Gasteiger partial charge in [0.2, 0.25) is 5.95 Å². The molecular weight excluding hydrogens is 268 g/mol. The summed E-state index contributed by atoms with van der Waals surface area (Å²) < 4.78 is 7.27. The number of nitrogens with one attached hydrogen (secondary N) is 1. The summed E-state index contributed by atoms with van der Waals surface area (Å²) in [4.78, 5) is 17.2. The SMILES string of the molecule is c1cc2c(cn1)ncn2-c1ccnc(NC2CCOC2)n1. The van der Waals surface area contributed by atoms with E-state index in [0.29, 0.717) is 12.6 Å². The lowest BCUT2D eigenvalue weighted by molar-refractivity contribution is 0.195. The summed E-state index contributed by atoms with van der Waals surface area (Å²) >= 11 is 0. The molecule has 0 saturated carbocycles. The van der Waals surface area contributed by atoms with Crippen molar-refractivity contribution >= 4 is 17.0 Å². The van der Waals surface area contributed by atoms with E-state index in [1.54, 1.807) is 24.9 Å². The minimum atomic E-state index is 0.281. The predicted octanol–water partition coefficient (Wildman–Crippen LogP) is 1.41. The lowest BCUT2D eigenvalue weighted by Gasteiger charge is -2.11. The Kier molecular flexibility index (Phi) is 2.97. The maximum Gasteiger partial charge on any atom is 0.224 e. The third-order valence-corrected chi connectivity index (χ3v) is 3.50. The van der Waals surface area contributed by atoms with Crippen molar-refractivity contribution in [2.75, 3.05) is 18.5 Å². The number of imidazole rings is 1. The molecule has 0 aromatic carbocycles. The number of hydrogen-bond acceptors (Lipinski definition) is 6. The van der Waals surface area contributed by atoms with Crippen molar-refractivity contribution in [1.82, 2.24) is 24.5 Å². The molecule has 4 heterocycles. The van der Waals surface area contributed by atoms with Crippen molar-refractivity contribution in [3.05, 3.63) is 37.1 Å². The Bertz CT molecular complexity index is 765. The van der Waals surface area contributed by atoms with Crippen LogP contribution in [0.1, 0.15) is 6.42 Å². The van der Waals surface area contributed by atoms with Crippen LogP contribution in [-0.2, 0) is 4.74 Å². The Balaban J connectivity index is 1.68. The van der Waals surface area contributed by atoms with E-state index >= 15 is 0 Å². The number of rotatable bonds is 3. The molecule has 1 fully saturated rings. The van der Waals surface area contributed by atoms with Gasteiger partial charge in [-0.05, 0) is 18.6 Å². The number of ether oxygens (including phenoxy) is 1. The molecule has 0 spiro atoms. The smallest absolute Gasteiger partial charge is 0.224 e. The van der Waals surface area contributed by atoms with Crippen molar-refractivity contribution in [2.24, 2.45) is 0 Å². The minimum Gasteiger partial charge on any atom is -0.379 e. The number of nitrogens with zero attached hydrogens (tertiary/aromatic N) is 5. The van der Waals surface area contributed by atoms with E-state index in [1.165, 1.54) is 0 Å². The first-order chi connectivity index (χ1) is 10.4. The third kappa shape index (κ3) is 2.31. The summed E-state index contributed by atoms with van der Waals surface area (Å²) in [7, 11) is 0. The summed E-state index contributed by atoms with van der Waals surface area (Å²) in [6, 6.07) is 4.06. The zero-order valence-electron chi connectivity index (χ0n) is 11.3. The second kappa shape index (κ2) is 5.10. The van der Waals surface area contributed by atoms with E-state index < -0.39 is 0 Å². The standard InChI is InChI=1S/C14H14N6O/c1-4-15-7-11-12(1)20(9-17-11)13-2-5-16-14(19-13)18-10-3-6-21-8-10/h1-2,4-5,7,9-10H,3,6,8H2,(H,16,18,19). The Hall–Kier alpha value is -2.54. The first-order valence-electron chi connectivity index (χ1n) is 6.85. The van der Waals surface area contributed by atoms with Crippen LogP contribution in [0.25, 0.3) is 16.9 Å². The molecule has 1 unspecified atom stereocenters. The average molecular weight is 282 g/mol. The molecule has 0 aliphatic carbocycles. The summed E-state index contributed by atoms with van der Waals surface area (Å²) in [5.74, 6) is 1.39. The third-order valence-electron chi connectivity index (χ3n) is 3.50. The van der Waals surface area contributed by atoms with Gasteiger partial charge in [-0.15, -0.1) is 0 Å². The van der Waals surface area contributed by atoms with Gasteiger partial charge in [-0.1, -0.05) is 0 Å². The molecule has 3 aromatic rings. The molecule has 1 aliphatic heterocycles. The topological polar surface area (TPSA) is 77.8 Å². The van der Waals surface area contributed by atoms with E-state index in [2.05, 4.69) is 25.3 Å². The second-order valence-corrected chi connectivity index (χ2v) is 4.92. The van der Waals surface area contributed by atoms with Crippen LogP contribution in [0.5, 0.6) is 0 Å². The maximum absolute atomic E-state index is 5.35. The van der Waals surface area contributed by atoms with Crippen LogP contribution in [0.4, 0.5) is 5.95 Å². The highest BCUT2D eigenvalue weighted by Gasteiger charge is 2.16. The van der Waals surface area contributed by atoms with Gasteiger partial charge >= 0.3 is 0 Å². The molecule has 4 rings (SSSR count). The van der Waals surface area contributed by atoms with Crippen molar-refractivity contribution in [2.45, 2.75) is 12.5 Å². The molecule has 1 aliphatic rings. The normalized spacial score (nSPS) is 18.2. The molecule has 21 heavy (non-hydrogen) atoms. The Morgan fingerprint density at radius 3 is 3.14 bits per heavy atom. The van der Waals surface area contributed by atoms with E-state index in [9.17, 15) is 0 Å². The van der Waals surface area contributed by atoms with E-state index in [-0.39, 0.29) is 6.04 Å². The fraction of sp³-hybridized carbons (Fsp3) is 0.286. The highest BCUT2D eigenvalue weighted by molar-refractivity contribution is 5.75. The molecule has 7 nitrogen and oxygen atoms in total. The maximum atomic E-state index is 5.35. The van der Waals surface area contributed by atoms with Crippen molar-refractivity contribution in [3.63, 3.8) is 0 Å². The van der Waals surface area contributed by atoms with Crippen LogP contribution in [0.2, 0.25) is 0 Å². The van der Waals surface area contributed by atoms with Crippen molar-refractivity contribution < 1.29 is 4.74 Å². The Morgan fingerprint density at radius 2 is 2.24 bits per heavy atom. The van der Waals surface area contributed by atoms with Gasteiger partial charge in [0.1, 0.15) is 17.7 Å². The van der Waals surface area contributed by atoms with Crippen molar-refractivity contribution in [3.8, 4) is 5.82 Å². The quantitative estimate of drug-likeness (QED) is 0.782. The van der Waals surface area contributed by atoms with Crippen LogP contribution >= 0.6 is 0 Å². The molecule has 0 bridgehead atoms. The highest BCUT2D eigenvalue weighted by Crippen LogP contribution is 2.17. The second-order valence-electron chi connectivity index (χ2n) is 4.92. The molecule has 106 valence electrons. The van der Waals surface area contributed by atoms with Gasteiger partial charge in [0, 0.05) is 19.0 Å². The molecule has 0 amide bonds. The number of anilines is 1. The van der Waals surface area contributed by atoms with Gasteiger partial charge in [0.05, 0.1) is 24.4 Å². The molecular formula is C14H14N6O. The highest BCUT2D eigenvalue weighted by atomic mass is 16.5. The zero-order chi connectivity index (χ0) is 14.1. The lowest BCUT2D eigenvalue weighted by atomic mass is 10.3. The van der Waals surface area contributed by atoms with Gasteiger partial charge in [-0.25, -0.2) is 9.97 Å². The summed E-state index contributed by atoms with van der Waals surface area (Å²) in [5, 5.41) is 3.30. The van der Waals surface area contributed by atoms with Gasteiger partial charge in [0.15, 0.2) is 0 Å². The fourth-order valence-electron chi connectivity index (χ4n) is 2.43. The van der Waals surface area contributed by atoms with Gasteiger partial charge in [0.25, 0.3) is 0 Å². The first kappa shape index (κ1) is 12.2. The van der Waals surface area contributed by atoms with E-state index in [0.717, 1.165) is 29.9 Å². The van der Waals surface area contributed by atoms with Gasteiger partial charge in [-0.3, -0.25) is 9.55 Å². The van der Waals surface area contributed by atoms with Crippen LogP contribution < -0.4 is 5.32 Å². The molecule has 1 N–H and O–H groups in total. The number of hydrogen-bond donors (Lipinski definition) is 1. The first-order valence-corrected chi connectivity index (χ1v) is 6.85. The zero-order valence-corrected chi connectivity index (χ0v) is 11.3. The Labute approximate surface area is 121 Å². The summed E-state index contributed by atoms with van der Waals surface area (Å²) in [5.41, 5.74) is 1.81. The largest absolute Gasteiger partial charge is 0.379 e. The number of aromatic nitrogens is 5. The number of fused-ring (bicyclic) bond motifs is 1. The molecule has 1 atom stereocenters. The molecule has 1 saturated heterocycles. The number of pyridine rings is 1. The van der Waals surface area contributed by atoms with Crippen molar-refractivity contribution in [1.29, 1.82) is 0 Å². The fourth-order valence-corrected chi connectivity index (χ4v) is 2.43. The predicted molar refractivity (Wildman–Crippen MR) is 77.3 cm³/mol. The summed E-state index contributed by atoms with van der Waals surface area (Å²) in [6.45, 7) is 1.49. The monoisotopic (exact) mass is 282 g/mol. The van der Waals surface area contributed by atoms with Crippen LogP contribution in [0, 0.1) is 0 Å². The van der Waals surface area contributed by atoms with Crippen LogP contribution in [0.3, 0.4) is 0 Å². The van der Waals surface area contributed by atoms with Gasteiger partial charge < -0.3 is 10.1 Å². The van der Waals surface area contributed by atoms with E-state index in [1.807, 2.05) is 16.7 Å².